The van der Waals surface area contributed by atoms with Gasteiger partial charge in [0, 0.05) is 19.7 Å². The molecular weight excluding hydrogens is 300 g/mol. The van der Waals surface area contributed by atoms with Gasteiger partial charge >= 0.3 is 0 Å². The van der Waals surface area contributed by atoms with Crippen molar-refractivity contribution in [3.05, 3.63) is 0 Å². The monoisotopic (exact) mass is 328 g/mol. The molecule has 2 amide bonds. The third-order valence-electron chi connectivity index (χ3n) is 4.13. The lowest BCUT2D eigenvalue weighted by Crippen LogP contribution is -2.58. The van der Waals surface area contributed by atoms with Crippen LogP contribution in [0.1, 0.15) is 40.0 Å². The number of nitrogens with one attached hydrogen (secondary N) is 1. The van der Waals surface area contributed by atoms with Crippen molar-refractivity contribution in [1.82, 2.24) is 10.2 Å². The Kier molecular flexibility index (Phi) is 5.65. The smallest absolute Gasteiger partial charge is 0.249 e. The predicted molar refractivity (Wildman–Crippen MR) is 83.8 cm³/mol. The van der Waals surface area contributed by atoms with Gasteiger partial charge in [-0.1, -0.05) is 0 Å². The van der Waals surface area contributed by atoms with E-state index in [2.05, 4.69) is 5.32 Å². The number of nitrogens with zero attached hydrogens (tertiary/aromatic N) is 1. The van der Waals surface area contributed by atoms with Crippen molar-refractivity contribution >= 4 is 11.8 Å². The number of carbonyl (C=O) groups is 2. The van der Waals surface area contributed by atoms with Crippen LogP contribution < -0.4 is 5.32 Å². The average molecular weight is 328 g/mol. The first-order chi connectivity index (χ1) is 10.7. The summed E-state index contributed by atoms with van der Waals surface area (Å²) in [4.78, 5) is 26.0. The van der Waals surface area contributed by atoms with Gasteiger partial charge in [0.05, 0.1) is 25.2 Å². The number of hydrogen-bond donors (Lipinski definition) is 2. The lowest BCUT2D eigenvalue weighted by molar-refractivity contribution is -0.152. The fourth-order valence-electron chi connectivity index (χ4n) is 2.90. The Bertz CT molecular complexity index is 442. The summed E-state index contributed by atoms with van der Waals surface area (Å²) in [6.07, 6.45) is 1.37. The van der Waals surface area contributed by atoms with Gasteiger partial charge in [-0.15, -0.1) is 0 Å². The third kappa shape index (κ3) is 5.44. The van der Waals surface area contributed by atoms with Crippen molar-refractivity contribution < 1.29 is 24.2 Å². The molecule has 2 saturated heterocycles. The predicted octanol–water partition coefficient (Wildman–Crippen LogP) is 0.0601. The van der Waals surface area contributed by atoms with E-state index in [0.29, 0.717) is 32.8 Å². The maximum Gasteiger partial charge on any atom is 0.249 e. The molecule has 2 aliphatic heterocycles. The Morgan fingerprint density at radius 2 is 2.13 bits per heavy atom. The van der Waals surface area contributed by atoms with Gasteiger partial charge in [0.25, 0.3) is 0 Å². The molecule has 2 fully saturated rings. The van der Waals surface area contributed by atoms with Crippen LogP contribution in [0.5, 0.6) is 0 Å². The molecule has 0 aromatic carbocycles. The molecule has 0 saturated carbocycles. The molecule has 7 heteroatoms. The van der Waals surface area contributed by atoms with Crippen LogP contribution in [-0.2, 0) is 19.1 Å². The van der Waals surface area contributed by atoms with Crippen LogP contribution >= 0.6 is 0 Å². The van der Waals surface area contributed by atoms with Gasteiger partial charge in [0.1, 0.15) is 11.7 Å². The highest BCUT2D eigenvalue weighted by Gasteiger charge is 2.36. The average Bonchev–Trinajstić information content (AvgIpc) is 2.97. The lowest BCUT2D eigenvalue weighted by atomic mass is 10.0. The molecule has 0 aromatic rings. The van der Waals surface area contributed by atoms with Crippen LogP contribution in [0.3, 0.4) is 0 Å². The molecule has 23 heavy (non-hydrogen) atoms. The van der Waals surface area contributed by atoms with Crippen LogP contribution in [0.25, 0.3) is 0 Å². The number of aliphatic hydroxyl groups is 1. The Labute approximate surface area is 137 Å². The summed E-state index contributed by atoms with van der Waals surface area (Å²) in [5.74, 6) is -0.218. The number of carbonyl (C=O) groups excluding carboxylic acids is 2. The molecule has 2 unspecified atom stereocenters. The fraction of sp³-hybridized carbons (Fsp3) is 0.875. The lowest BCUT2D eigenvalue weighted by Gasteiger charge is -2.41. The van der Waals surface area contributed by atoms with Crippen LogP contribution in [0.2, 0.25) is 0 Å². The van der Waals surface area contributed by atoms with Crippen molar-refractivity contribution in [1.29, 1.82) is 0 Å². The molecular formula is C16H28N2O5. The van der Waals surface area contributed by atoms with Crippen molar-refractivity contribution in [2.24, 2.45) is 0 Å². The first-order valence-electron chi connectivity index (χ1n) is 8.22. The number of morpholine rings is 1. The minimum absolute atomic E-state index is 0.0748. The van der Waals surface area contributed by atoms with Crippen molar-refractivity contribution in [3.8, 4) is 0 Å². The molecule has 0 radical (unpaired) electrons. The summed E-state index contributed by atoms with van der Waals surface area (Å²) in [5.41, 5.74) is -1.65. The standard InChI is InChI=1S/C16H28N2O5/c1-15(2,21)9-13(19)18-6-8-23-16(3,11-18)10-17-14(20)12-5-4-7-22-12/h12,21H,4-11H2,1-3H3,(H,17,20). The van der Waals surface area contributed by atoms with Crippen LogP contribution in [0, 0.1) is 0 Å². The second kappa shape index (κ2) is 7.15. The summed E-state index contributed by atoms with van der Waals surface area (Å²) in [6.45, 7) is 7.40. The van der Waals surface area contributed by atoms with Gasteiger partial charge in [0.2, 0.25) is 11.8 Å². The number of hydrogen-bond acceptors (Lipinski definition) is 5. The van der Waals surface area contributed by atoms with E-state index in [9.17, 15) is 14.7 Å². The highest BCUT2D eigenvalue weighted by Crippen LogP contribution is 2.20. The van der Waals surface area contributed by atoms with E-state index in [4.69, 9.17) is 9.47 Å². The second-order valence-corrected chi connectivity index (χ2v) is 7.32. The highest BCUT2D eigenvalue weighted by molar-refractivity contribution is 5.81. The third-order valence-corrected chi connectivity index (χ3v) is 4.13. The molecule has 0 bridgehead atoms. The topological polar surface area (TPSA) is 88.1 Å². The van der Waals surface area contributed by atoms with Gasteiger partial charge < -0.3 is 24.8 Å². The van der Waals surface area contributed by atoms with Gasteiger partial charge in [-0.3, -0.25) is 9.59 Å². The van der Waals surface area contributed by atoms with Crippen LogP contribution in [0.15, 0.2) is 0 Å². The molecule has 2 heterocycles. The van der Waals surface area contributed by atoms with Gasteiger partial charge in [-0.2, -0.15) is 0 Å². The normalized spacial score (nSPS) is 28.7. The van der Waals surface area contributed by atoms with Crippen molar-refractivity contribution in [3.63, 3.8) is 0 Å². The quantitative estimate of drug-likeness (QED) is 0.745. The summed E-state index contributed by atoms with van der Waals surface area (Å²) in [7, 11) is 0. The van der Waals surface area contributed by atoms with E-state index in [1.165, 1.54) is 0 Å². The Morgan fingerprint density at radius 3 is 2.74 bits per heavy atom. The molecule has 0 spiro atoms. The number of rotatable bonds is 5. The van der Waals surface area contributed by atoms with E-state index in [1.807, 2.05) is 6.92 Å². The van der Waals surface area contributed by atoms with Crippen molar-refractivity contribution in [2.45, 2.75) is 57.3 Å². The minimum atomic E-state index is -1.03. The van der Waals surface area contributed by atoms with Gasteiger partial charge in [0.15, 0.2) is 0 Å². The van der Waals surface area contributed by atoms with Crippen LogP contribution in [-0.4, -0.2) is 72.0 Å². The highest BCUT2D eigenvalue weighted by atomic mass is 16.5. The maximum absolute atomic E-state index is 12.3. The first kappa shape index (κ1) is 18.2. The zero-order valence-electron chi connectivity index (χ0n) is 14.3. The molecule has 7 nitrogen and oxygen atoms in total. The van der Waals surface area contributed by atoms with Crippen LogP contribution in [0.4, 0.5) is 0 Å². The molecule has 0 aliphatic carbocycles. The first-order valence-corrected chi connectivity index (χ1v) is 8.22. The van der Waals surface area contributed by atoms with Gasteiger partial charge in [-0.25, -0.2) is 0 Å². The SMILES string of the molecule is CC(C)(O)CC(=O)N1CCOC(C)(CNC(=O)C2CCCO2)C1. The van der Waals surface area contributed by atoms with E-state index in [1.54, 1.807) is 18.7 Å². The molecule has 2 aliphatic rings. The van der Waals surface area contributed by atoms with E-state index in [-0.39, 0.29) is 24.3 Å². The minimum Gasteiger partial charge on any atom is -0.390 e. The maximum atomic E-state index is 12.3. The summed E-state index contributed by atoms with van der Waals surface area (Å²) >= 11 is 0. The van der Waals surface area contributed by atoms with E-state index < -0.39 is 11.2 Å². The van der Waals surface area contributed by atoms with Crippen molar-refractivity contribution in [2.75, 3.05) is 32.8 Å². The zero-order chi connectivity index (χ0) is 17.1. The molecule has 2 rings (SSSR count). The Hall–Kier alpha value is -1.18. The molecule has 2 N–H and O–H groups in total. The second-order valence-electron chi connectivity index (χ2n) is 7.32. The Morgan fingerprint density at radius 1 is 1.39 bits per heavy atom. The van der Waals surface area contributed by atoms with E-state index in [0.717, 1.165) is 12.8 Å². The molecule has 0 aromatic heterocycles. The fourth-order valence-corrected chi connectivity index (χ4v) is 2.90. The van der Waals surface area contributed by atoms with Gasteiger partial charge in [-0.05, 0) is 33.6 Å². The summed E-state index contributed by atoms with van der Waals surface area (Å²) in [5, 5.41) is 12.7. The Balaban J connectivity index is 1.85. The summed E-state index contributed by atoms with van der Waals surface area (Å²) in [6, 6.07) is 0. The molecule has 132 valence electrons. The number of ether oxygens (including phenoxy) is 2. The summed E-state index contributed by atoms with van der Waals surface area (Å²) < 4.78 is 11.1. The zero-order valence-corrected chi connectivity index (χ0v) is 14.3. The van der Waals surface area contributed by atoms with E-state index >= 15 is 0 Å². The largest absolute Gasteiger partial charge is 0.390 e. The molecule has 2 atom stereocenters. The number of amides is 2.